The van der Waals surface area contributed by atoms with Gasteiger partial charge < -0.3 is 15.2 Å². The summed E-state index contributed by atoms with van der Waals surface area (Å²) in [6.45, 7) is 2.72. The molecule has 0 saturated carbocycles. The van der Waals surface area contributed by atoms with Gasteiger partial charge in [0.1, 0.15) is 24.0 Å². The van der Waals surface area contributed by atoms with Gasteiger partial charge in [-0.1, -0.05) is 30.4 Å². The van der Waals surface area contributed by atoms with Crippen molar-refractivity contribution in [2.75, 3.05) is 13.2 Å². The number of aromatic nitrogens is 1. The molecule has 2 N–H and O–H groups in total. The van der Waals surface area contributed by atoms with Crippen LogP contribution in [0, 0.1) is 6.92 Å². The van der Waals surface area contributed by atoms with E-state index in [0.717, 1.165) is 17.0 Å². The van der Waals surface area contributed by atoms with Gasteiger partial charge in [0.25, 0.3) is 0 Å². The zero-order chi connectivity index (χ0) is 14.4. The summed E-state index contributed by atoms with van der Waals surface area (Å²) in [5.41, 5.74) is 7.18. The lowest BCUT2D eigenvalue weighted by Crippen LogP contribution is -2.13. The monoisotopic (exact) mass is 288 g/mol. The second-order valence-corrected chi connectivity index (χ2v) is 4.65. The Labute approximate surface area is 123 Å². The highest BCUT2D eigenvalue weighted by Gasteiger charge is 2.03. The van der Waals surface area contributed by atoms with Crippen LogP contribution >= 0.6 is 12.2 Å². The lowest BCUT2D eigenvalue weighted by Gasteiger charge is -2.09. The smallest absolute Gasteiger partial charge is 0.214 e. The Kier molecular flexibility index (Phi) is 4.90. The van der Waals surface area contributed by atoms with Gasteiger partial charge in [0.2, 0.25) is 5.88 Å². The highest BCUT2D eigenvalue weighted by atomic mass is 32.1. The SMILES string of the molecule is Cc1cc(C(N)=S)cc(OCCOc2ccccc2)n1. The molecule has 5 heteroatoms. The van der Waals surface area contributed by atoms with E-state index in [-0.39, 0.29) is 0 Å². The third-order valence-electron chi connectivity index (χ3n) is 2.56. The zero-order valence-electron chi connectivity index (χ0n) is 11.2. The summed E-state index contributed by atoms with van der Waals surface area (Å²) in [6, 6.07) is 13.1. The molecule has 0 bridgehead atoms. The first-order valence-electron chi connectivity index (χ1n) is 6.24. The van der Waals surface area contributed by atoms with Gasteiger partial charge in [0.05, 0.1) is 0 Å². The van der Waals surface area contributed by atoms with Crippen LogP contribution in [0.1, 0.15) is 11.3 Å². The molecule has 1 heterocycles. The Hall–Kier alpha value is -2.14. The number of ether oxygens (including phenoxy) is 2. The fourth-order valence-corrected chi connectivity index (χ4v) is 1.79. The van der Waals surface area contributed by atoms with Gasteiger partial charge in [-0.05, 0) is 25.1 Å². The average molecular weight is 288 g/mol. The van der Waals surface area contributed by atoms with Crippen LogP contribution in [-0.4, -0.2) is 23.2 Å². The predicted octanol–water partition coefficient (Wildman–Crippen LogP) is 2.48. The van der Waals surface area contributed by atoms with Gasteiger partial charge in [0.15, 0.2) is 0 Å². The number of thiocarbonyl (C=S) groups is 1. The zero-order valence-corrected chi connectivity index (χ0v) is 12.0. The summed E-state index contributed by atoms with van der Waals surface area (Å²) >= 11 is 4.95. The highest BCUT2D eigenvalue weighted by molar-refractivity contribution is 7.80. The van der Waals surface area contributed by atoms with Crippen LogP contribution in [0.4, 0.5) is 0 Å². The van der Waals surface area contributed by atoms with E-state index in [1.807, 2.05) is 43.3 Å². The first-order valence-corrected chi connectivity index (χ1v) is 6.65. The Morgan fingerprint density at radius 2 is 1.85 bits per heavy atom. The fourth-order valence-electron chi connectivity index (χ4n) is 1.68. The van der Waals surface area contributed by atoms with Crippen LogP contribution in [0.5, 0.6) is 11.6 Å². The number of hydrogen-bond donors (Lipinski definition) is 1. The quantitative estimate of drug-likeness (QED) is 0.653. The Balaban J connectivity index is 1.86. The van der Waals surface area contributed by atoms with Gasteiger partial charge in [-0.2, -0.15) is 0 Å². The number of para-hydroxylation sites is 1. The van der Waals surface area contributed by atoms with Crippen molar-refractivity contribution in [1.82, 2.24) is 4.98 Å². The molecule has 1 aromatic carbocycles. The van der Waals surface area contributed by atoms with E-state index in [1.165, 1.54) is 0 Å². The summed E-state index contributed by atoms with van der Waals surface area (Å²) in [4.78, 5) is 4.60. The molecule has 0 aliphatic rings. The molecule has 0 radical (unpaired) electrons. The molecule has 0 fully saturated rings. The third-order valence-corrected chi connectivity index (χ3v) is 2.80. The maximum Gasteiger partial charge on any atom is 0.214 e. The molecule has 0 unspecified atom stereocenters. The first kappa shape index (κ1) is 14.3. The molecule has 2 rings (SSSR count). The predicted molar refractivity (Wildman–Crippen MR) is 82.3 cm³/mol. The van der Waals surface area contributed by atoms with Crippen molar-refractivity contribution in [2.24, 2.45) is 5.73 Å². The van der Waals surface area contributed by atoms with Crippen LogP contribution in [0.3, 0.4) is 0 Å². The minimum atomic E-state index is 0.334. The second kappa shape index (κ2) is 6.86. The summed E-state index contributed by atoms with van der Waals surface area (Å²) in [6.07, 6.45) is 0. The van der Waals surface area contributed by atoms with Crippen LogP contribution in [0.25, 0.3) is 0 Å². The van der Waals surface area contributed by atoms with E-state index < -0.39 is 0 Å². The molecule has 2 aromatic rings. The number of pyridine rings is 1. The maximum atomic E-state index is 5.61. The number of hydrogen-bond acceptors (Lipinski definition) is 4. The summed E-state index contributed by atoms with van der Waals surface area (Å²) in [5, 5.41) is 0. The Morgan fingerprint density at radius 1 is 1.15 bits per heavy atom. The highest BCUT2D eigenvalue weighted by Crippen LogP contribution is 2.13. The summed E-state index contributed by atoms with van der Waals surface area (Å²) in [5.74, 6) is 1.32. The lowest BCUT2D eigenvalue weighted by atomic mass is 10.2. The molecule has 0 amide bonds. The van der Waals surface area contributed by atoms with Crippen molar-refractivity contribution in [3.05, 3.63) is 53.7 Å². The molecule has 0 aliphatic carbocycles. The molecular weight excluding hydrogens is 272 g/mol. The van der Waals surface area contributed by atoms with Crippen molar-refractivity contribution in [3.8, 4) is 11.6 Å². The van der Waals surface area contributed by atoms with Crippen LogP contribution < -0.4 is 15.2 Å². The molecule has 104 valence electrons. The second-order valence-electron chi connectivity index (χ2n) is 4.21. The van der Waals surface area contributed by atoms with Crippen LogP contribution in [-0.2, 0) is 0 Å². The topological polar surface area (TPSA) is 57.4 Å². The maximum absolute atomic E-state index is 5.61. The van der Waals surface area contributed by atoms with Crippen LogP contribution in [0.2, 0.25) is 0 Å². The lowest BCUT2D eigenvalue weighted by molar-refractivity contribution is 0.211. The van der Waals surface area contributed by atoms with Crippen molar-refractivity contribution in [1.29, 1.82) is 0 Å². The van der Waals surface area contributed by atoms with Crippen molar-refractivity contribution >= 4 is 17.2 Å². The van der Waals surface area contributed by atoms with Gasteiger partial charge in [-0.25, -0.2) is 4.98 Å². The Morgan fingerprint density at radius 3 is 2.55 bits per heavy atom. The van der Waals surface area contributed by atoms with Gasteiger partial charge >= 0.3 is 0 Å². The van der Waals surface area contributed by atoms with Crippen molar-refractivity contribution in [3.63, 3.8) is 0 Å². The van der Waals surface area contributed by atoms with E-state index >= 15 is 0 Å². The number of aryl methyl sites for hydroxylation is 1. The molecular formula is C15H16N2O2S. The minimum Gasteiger partial charge on any atom is -0.490 e. The van der Waals surface area contributed by atoms with Gasteiger partial charge in [-0.3, -0.25) is 0 Å². The largest absolute Gasteiger partial charge is 0.490 e. The fraction of sp³-hybridized carbons (Fsp3) is 0.200. The minimum absolute atomic E-state index is 0.334. The number of nitrogens with zero attached hydrogens (tertiary/aromatic N) is 1. The first-order chi connectivity index (χ1) is 9.65. The summed E-state index contributed by atoms with van der Waals surface area (Å²) < 4.78 is 11.1. The van der Waals surface area contributed by atoms with E-state index in [9.17, 15) is 0 Å². The normalized spacial score (nSPS) is 10.1. The third kappa shape index (κ3) is 4.20. The van der Waals surface area contributed by atoms with Crippen molar-refractivity contribution < 1.29 is 9.47 Å². The van der Waals surface area contributed by atoms with E-state index in [4.69, 9.17) is 27.4 Å². The van der Waals surface area contributed by atoms with Gasteiger partial charge in [0, 0.05) is 17.3 Å². The molecule has 20 heavy (non-hydrogen) atoms. The standard InChI is InChI=1S/C15H16N2O2S/c1-11-9-12(15(16)20)10-14(17-11)19-8-7-18-13-5-3-2-4-6-13/h2-6,9-10H,7-8H2,1H3,(H2,16,20). The van der Waals surface area contributed by atoms with Gasteiger partial charge in [-0.15, -0.1) is 0 Å². The van der Waals surface area contributed by atoms with E-state index in [0.29, 0.717) is 24.1 Å². The van der Waals surface area contributed by atoms with E-state index in [2.05, 4.69) is 4.98 Å². The van der Waals surface area contributed by atoms with Crippen LogP contribution in [0.15, 0.2) is 42.5 Å². The molecule has 4 nitrogen and oxygen atoms in total. The molecule has 0 spiro atoms. The van der Waals surface area contributed by atoms with E-state index in [1.54, 1.807) is 6.07 Å². The summed E-state index contributed by atoms with van der Waals surface area (Å²) in [7, 11) is 0. The van der Waals surface area contributed by atoms with Crippen molar-refractivity contribution in [2.45, 2.75) is 6.92 Å². The molecule has 1 aromatic heterocycles. The molecule has 0 saturated heterocycles. The molecule has 0 aliphatic heterocycles. The molecule has 0 atom stereocenters. The number of benzene rings is 1. The Bertz CT molecular complexity index is 588. The number of rotatable bonds is 6. The average Bonchev–Trinajstić information content (AvgIpc) is 2.44. The number of nitrogens with two attached hydrogens (primary N) is 1.